The summed E-state index contributed by atoms with van der Waals surface area (Å²) in [6, 6.07) is 5.94. The van der Waals surface area contributed by atoms with E-state index in [9.17, 15) is 4.79 Å². The van der Waals surface area contributed by atoms with E-state index in [0.717, 1.165) is 29.7 Å². The van der Waals surface area contributed by atoms with Crippen molar-refractivity contribution in [3.8, 4) is 11.8 Å². The molecule has 0 aliphatic heterocycles. The Labute approximate surface area is 107 Å². The first kappa shape index (κ1) is 12.5. The summed E-state index contributed by atoms with van der Waals surface area (Å²) in [5.41, 5.74) is 7.96. The molecule has 0 radical (unpaired) electrons. The number of benzene rings is 1. The Balaban J connectivity index is 2.12. The lowest BCUT2D eigenvalue weighted by Gasteiger charge is -2.09. The Morgan fingerprint density at radius 3 is 2.94 bits per heavy atom. The van der Waals surface area contributed by atoms with Crippen LogP contribution in [0.3, 0.4) is 0 Å². The zero-order valence-corrected chi connectivity index (χ0v) is 10.4. The van der Waals surface area contributed by atoms with Crippen molar-refractivity contribution in [2.24, 2.45) is 5.73 Å². The summed E-state index contributed by atoms with van der Waals surface area (Å²) in [5.74, 6) is 5.75. The highest BCUT2D eigenvalue weighted by atomic mass is 16.2. The number of rotatable bonds is 2. The number of aryl methyl sites for hydroxylation is 1. The summed E-state index contributed by atoms with van der Waals surface area (Å²) >= 11 is 0. The maximum Gasteiger partial charge on any atom is 0.319 e. The highest BCUT2D eigenvalue weighted by Crippen LogP contribution is 2.20. The van der Waals surface area contributed by atoms with Gasteiger partial charge in [0.15, 0.2) is 0 Å². The number of hydrogen-bond donors (Lipinski definition) is 3. The van der Waals surface area contributed by atoms with Crippen LogP contribution in [-0.4, -0.2) is 18.6 Å². The van der Waals surface area contributed by atoms with E-state index in [2.05, 4.69) is 22.5 Å². The molecular formula is C14H17N3O. The van der Waals surface area contributed by atoms with Crippen molar-refractivity contribution >= 4 is 11.7 Å². The van der Waals surface area contributed by atoms with Gasteiger partial charge in [-0.15, -0.1) is 0 Å². The number of anilines is 1. The van der Waals surface area contributed by atoms with Gasteiger partial charge in [-0.3, -0.25) is 0 Å². The summed E-state index contributed by atoms with van der Waals surface area (Å²) in [6.45, 7) is 2.28. The van der Waals surface area contributed by atoms with Gasteiger partial charge in [0, 0.05) is 11.6 Å². The summed E-state index contributed by atoms with van der Waals surface area (Å²) in [4.78, 5) is 11.7. The Morgan fingerprint density at radius 2 is 2.28 bits per heavy atom. The second kappa shape index (κ2) is 5.56. The topological polar surface area (TPSA) is 67.1 Å². The van der Waals surface area contributed by atoms with Crippen LogP contribution in [0.5, 0.6) is 0 Å². The summed E-state index contributed by atoms with van der Waals surface area (Å²) < 4.78 is 0. The van der Waals surface area contributed by atoms with Gasteiger partial charge in [-0.1, -0.05) is 17.9 Å². The summed E-state index contributed by atoms with van der Waals surface area (Å²) in [7, 11) is 0. The van der Waals surface area contributed by atoms with E-state index in [-0.39, 0.29) is 6.03 Å². The highest BCUT2D eigenvalue weighted by molar-refractivity contribution is 5.91. The van der Waals surface area contributed by atoms with E-state index in [1.165, 1.54) is 0 Å². The van der Waals surface area contributed by atoms with Crippen molar-refractivity contribution in [3.05, 3.63) is 29.3 Å². The lowest BCUT2D eigenvalue weighted by Crippen LogP contribution is -2.30. The van der Waals surface area contributed by atoms with E-state index < -0.39 is 0 Å². The molecule has 0 bridgehead atoms. The third-order valence-corrected chi connectivity index (χ3v) is 2.66. The molecule has 0 spiro atoms. The number of nitrogens with two attached hydrogens (primary N) is 1. The first-order valence-electron chi connectivity index (χ1n) is 6.06. The molecular weight excluding hydrogens is 226 g/mol. The van der Waals surface area contributed by atoms with Crippen molar-refractivity contribution < 1.29 is 4.79 Å². The van der Waals surface area contributed by atoms with Gasteiger partial charge in [0.1, 0.15) is 0 Å². The fourth-order valence-electron chi connectivity index (χ4n) is 1.59. The van der Waals surface area contributed by atoms with Gasteiger partial charge in [-0.25, -0.2) is 4.79 Å². The summed E-state index contributed by atoms with van der Waals surface area (Å²) in [6.07, 6.45) is 2.14. The van der Waals surface area contributed by atoms with Crippen LogP contribution < -0.4 is 16.4 Å². The van der Waals surface area contributed by atoms with E-state index in [1.54, 1.807) is 0 Å². The number of urea groups is 1. The smallest absolute Gasteiger partial charge is 0.319 e. The molecule has 18 heavy (non-hydrogen) atoms. The molecule has 1 aromatic rings. The van der Waals surface area contributed by atoms with E-state index in [4.69, 9.17) is 5.73 Å². The van der Waals surface area contributed by atoms with Crippen LogP contribution in [0.1, 0.15) is 24.0 Å². The fourth-order valence-corrected chi connectivity index (χ4v) is 1.59. The first-order chi connectivity index (χ1) is 8.69. The highest BCUT2D eigenvalue weighted by Gasteiger charge is 2.23. The van der Waals surface area contributed by atoms with Gasteiger partial charge in [0.05, 0.1) is 12.2 Å². The monoisotopic (exact) mass is 243 g/mol. The number of carbonyl (C=O) groups excluding carboxylic acids is 1. The zero-order valence-electron chi connectivity index (χ0n) is 10.4. The van der Waals surface area contributed by atoms with E-state index in [1.807, 2.05) is 25.1 Å². The molecule has 1 aromatic carbocycles. The lowest BCUT2D eigenvalue weighted by molar-refractivity contribution is 0.251. The fraction of sp³-hybridized carbons (Fsp3) is 0.357. The quantitative estimate of drug-likeness (QED) is 0.690. The minimum atomic E-state index is -0.168. The molecule has 0 atom stereocenters. The third kappa shape index (κ3) is 3.51. The maximum absolute atomic E-state index is 11.7. The molecule has 1 saturated carbocycles. The molecule has 4 heteroatoms. The molecule has 1 aliphatic carbocycles. The molecule has 94 valence electrons. The maximum atomic E-state index is 11.7. The molecule has 0 heterocycles. The van der Waals surface area contributed by atoms with Crippen LogP contribution in [0, 0.1) is 18.8 Å². The van der Waals surface area contributed by atoms with Gasteiger partial charge in [0.25, 0.3) is 0 Å². The number of carbonyl (C=O) groups is 1. The molecule has 4 nitrogen and oxygen atoms in total. The van der Waals surface area contributed by atoms with E-state index in [0.29, 0.717) is 12.6 Å². The Morgan fingerprint density at radius 1 is 1.50 bits per heavy atom. The van der Waals surface area contributed by atoms with Crippen LogP contribution in [-0.2, 0) is 0 Å². The molecule has 0 saturated heterocycles. The van der Waals surface area contributed by atoms with Crippen molar-refractivity contribution in [1.29, 1.82) is 0 Å². The van der Waals surface area contributed by atoms with Crippen LogP contribution in [0.2, 0.25) is 0 Å². The van der Waals surface area contributed by atoms with Crippen molar-refractivity contribution in [2.45, 2.75) is 25.8 Å². The van der Waals surface area contributed by atoms with Gasteiger partial charge >= 0.3 is 6.03 Å². The Hall–Kier alpha value is -1.99. The average Bonchev–Trinajstić information content (AvgIpc) is 3.12. The van der Waals surface area contributed by atoms with E-state index >= 15 is 0 Å². The number of amides is 2. The predicted molar refractivity (Wildman–Crippen MR) is 72.3 cm³/mol. The zero-order chi connectivity index (χ0) is 13.0. The first-order valence-corrected chi connectivity index (χ1v) is 6.06. The second-order valence-electron chi connectivity index (χ2n) is 4.43. The minimum absolute atomic E-state index is 0.168. The molecule has 2 amide bonds. The molecule has 4 N–H and O–H groups in total. The number of hydrogen-bond acceptors (Lipinski definition) is 2. The Bertz CT molecular complexity index is 510. The largest absolute Gasteiger partial charge is 0.335 e. The van der Waals surface area contributed by atoms with Crippen LogP contribution >= 0.6 is 0 Å². The van der Waals surface area contributed by atoms with Crippen LogP contribution in [0.15, 0.2) is 18.2 Å². The van der Waals surface area contributed by atoms with Crippen molar-refractivity contribution in [3.63, 3.8) is 0 Å². The van der Waals surface area contributed by atoms with Crippen LogP contribution in [0.25, 0.3) is 0 Å². The lowest BCUT2D eigenvalue weighted by atomic mass is 10.1. The number of nitrogens with one attached hydrogen (secondary N) is 2. The second-order valence-corrected chi connectivity index (χ2v) is 4.43. The molecule has 1 aliphatic rings. The van der Waals surface area contributed by atoms with Gasteiger partial charge in [-0.2, -0.15) is 0 Å². The van der Waals surface area contributed by atoms with Gasteiger partial charge < -0.3 is 16.4 Å². The minimum Gasteiger partial charge on any atom is -0.335 e. The molecule has 0 aromatic heterocycles. The SMILES string of the molecule is Cc1ccc(C#CCN)c(NC(=O)NC2CC2)c1. The normalized spacial score (nSPS) is 13.4. The van der Waals surface area contributed by atoms with Gasteiger partial charge in [-0.05, 0) is 37.5 Å². The van der Waals surface area contributed by atoms with Crippen LogP contribution in [0.4, 0.5) is 10.5 Å². The molecule has 2 rings (SSSR count). The average molecular weight is 243 g/mol. The van der Waals surface area contributed by atoms with Crippen molar-refractivity contribution in [2.75, 3.05) is 11.9 Å². The summed E-state index contributed by atoms with van der Waals surface area (Å²) in [5, 5.41) is 5.72. The molecule has 0 unspecified atom stereocenters. The Kier molecular flexibility index (Phi) is 3.85. The van der Waals surface area contributed by atoms with Crippen molar-refractivity contribution in [1.82, 2.24) is 5.32 Å². The van der Waals surface area contributed by atoms with Gasteiger partial charge in [0.2, 0.25) is 0 Å². The molecule has 1 fully saturated rings. The third-order valence-electron chi connectivity index (χ3n) is 2.66. The standard InChI is InChI=1S/C14H17N3O/c1-10-4-5-11(3-2-8-15)13(9-10)17-14(18)16-12-6-7-12/h4-5,9,12H,6-8,15H2,1H3,(H2,16,17,18). The predicted octanol–water partition coefficient (Wildman–Crippen LogP) is 1.59.